The molecule has 0 aromatic heterocycles. The SMILES string of the molecule is O=C(c1ccccc1S)N1CC=C(C(F)(F)F)CC1. The summed E-state index contributed by atoms with van der Waals surface area (Å²) in [6.07, 6.45) is -3.39. The van der Waals surface area contributed by atoms with E-state index >= 15 is 0 Å². The van der Waals surface area contributed by atoms with Crippen LogP contribution in [0.25, 0.3) is 0 Å². The highest BCUT2D eigenvalue weighted by Crippen LogP contribution is 2.30. The van der Waals surface area contributed by atoms with Crippen LogP contribution in [0.5, 0.6) is 0 Å². The lowest BCUT2D eigenvalue weighted by molar-refractivity contribution is -0.0957. The number of carbonyl (C=O) groups excluding carboxylic acids is 1. The highest BCUT2D eigenvalue weighted by molar-refractivity contribution is 7.80. The smallest absolute Gasteiger partial charge is 0.335 e. The first-order chi connectivity index (χ1) is 8.89. The van der Waals surface area contributed by atoms with Gasteiger partial charge in [0.25, 0.3) is 5.91 Å². The molecular weight excluding hydrogens is 275 g/mol. The number of benzene rings is 1. The van der Waals surface area contributed by atoms with Crippen molar-refractivity contribution in [3.05, 3.63) is 41.5 Å². The third-order valence-corrected chi connectivity index (χ3v) is 3.38. The summed E-state index contributed by atoms with van der Waals surface area (Å²) >= 11 is 4.18. The third kappa shape index (κ3) is 3.12. The Hall–Kier alpha value is -1.43. The normalized spacial score (nSPS) is 16.2. The first kappa shape index (κ1) is 14.0. The van der Waals surface area contributed by atoms with Crippen LogP contribution in [-0.2, 0) is 0 Å². The number of nitrogens with zero attached hydrogens (tertiary/aromatic N) is 1. The summed E-state index contributed by atoms with van der Waals surface area (Å²) < 4.78 is 37.4. The lowest BCUT2D eigenvalue weighted by Crippen LogP contribution is -2.36. The van der Waals surface area contributed by atoms with Crippen molar-refractivity contribution in [2.45, 2.75) is 17.5 Å². The Morgan fingerprint density at radius 2 is 1.95 bits per heavy atom. The number of hydrogen-bond donors (Lipinski definition) is 1. The Morgan fingerprint density at radius 1 is 1.26 bits per heavy atom. The van der Waals surface area contributed by atoms with Gasteiger partial charge in [-0.25, -0.2) is 0 Å². The topological polar surface area (TPSA) is 20.3 Å². The molecule has 0 bridgehead atoms. The highest BCUT2D eigenvalue weighted by atomic mass is 32.1. The zero-order valence-electron chi connectivity index (χ0n) is 9.94. The van der Waals surface area contributed by atoms with Crippen LogP contribution in [0, 0.1) is 0 Å². The predicted molar refractivity (Wildman–Crippen MR) is 68.4 cm³/mol. The van der Waals surface area contributed by atoms with Gasteiger partial charge in [-0.15, -0.1) is 12.6 Å². The number of alkyl halides is 3. The van der Waals surface area contributed by atoms with E-state index < -0.39 is 11.7 Å². The number of amides is 1. The van der Waals surface area contributed by atoms with E-state index in [0.717, 1.165) is 6.08 Å². The Balaban J connectivity index is 2.13. The number of thiol groups is 1. The zero-order valence-corrected chi connectivity index (χ0v) is 10.8. The average molecular weight is 287 g/mol. The molecule has 0 aliphatic carbocycles. The van der Waals surface area contributed by atoms with Crippen molar-refractivity contribution < 1.29 is 18.0 Å². The van der Waals surface area contributed by atoms with Crippen molar-refractivity contribution in [1.82, 2.24) is 4.90 Å². The fourth-order valence-electron chi connectivity index (χ4n) is 1.94. The quantitative estimate of drug-likeness (QED) is 0.620. The van der Waals surface area contributed by atoms with Gasteiger partial charge in [-0.2, -0.15) is 13.2 Å². The molecule has 2 nitrogen and oxygen atoms in total. The van der Waals surface area contributed by atoms with Gasteiger partial charge in [-0.3, -0.25) is 4.79 Å². The molecule has 2 rings (SSSR count). The molecule has 0 fully saturated rings. The second-order valence-corrected chi connectivity index (χ2v) is 4.73. The van der Waals surface area contributed by atoms with Crippen molar-refractivity contribution in [2.75, 3.05) is 13.1 Å². The van der Waals surface area contributed by atoms with E-state index in [0.29, 0.717) is 10.5 Å². The van der Waals surface area contributed by atoms with Crippen molar-refractivity contribution in [1.29, 1.82) is 0 Å². The standard InChI is InChI=1S/C13H12F3NOS/c14-13(15,16)9-5-7-17(8-6-9)12(18)10-3-1-2-4-11(10)19/h1-5,19H,6-8H2. The third-order valence-electron chi connectivity index (χ3n) is 2.99. The van der Waals surface area contributed by atoms with Crippen LogP contribution in [0.2, 0.25) is 0 Å². The van der Waals surface area contributed by atoms with Gasteiger partial charge in [-0.1, -0.05) is 18.2 Å². The number of hydrogen-bond acceptors (Lipinski definition) is 2. The zero-order chi connectivity index (χ0) is 14.0. The van der Waals surface area contributed by atoms with E-state index in [4.69, 9.17) is 0 Å². The van der Waals surface area contributed by atoms with Crippen molar-refractivity contribution in [3.63, 3.8) is 0 Å². The Kier molecular flexibility index (Phi) is 3.89. The van der Waals surface area contributed by atoms with Gasteiger partial charge in [0.1, 0.15) is 0 Å². The minimum absolute atomic E-state index is 0.0181. The van der Waals surface area contributed by atoms with E-state index in [9.17, 15) is 18.0 Å². The highest BCUT2D eigenvalue weighted by Gasteiger charge is 2.35. The lowest BCUT2D eigenvalue weighted by atomic mass is 10.1. The van der Waals surface area contributed by atoms with E-state index in [2.05, 4.69) is 12.6 Å². The van der Waals surface area contributed by atoms with Crippen LogP contribution in [0.4, 0.5) is 13.2 Å². The van der Waals surface area contributed by atoms with Crippen molar-refractivity contribution in [2.24, 2.45) is 0 Å². The first-order valence-electron chi connectivity index (χ1n) is 5.73. The molecule has 0 atom stereocenters. The molecule has 0 N–H and O–H groups in total. The summed E-state index contributed by atoms with van der Waals surface area (Å²) in [6.45, 7) is 0.0576. The molecule has 19 heavy (non-hydrogen) atoms. The fraction of sp³-hybridized carbons (Fsp3) is 0.308. The van der Waals surface area contributed by atoms with Crippen LogP contribution in [0.1, 0.15) is 16.8 Å². The van der Waals surface area contributed by atoms with Gasteiger partial charge in [0.2, 0.25) is 0 Å². The largest absolute Gasteiger partial charge is 0.412 e. The van der Waals surface area contributed by atoms with Gasteiger partial charge in [-0.05, 0) is 18.6 Å². The van der Waals surface area contributed by atoms with Gasteiger partial charge in [0, 0.05) is 23.6 Å². The number of halogens is 3. The number of carbonyl (C=O) groups is 1. The lowest BCUT2D eigenvalue weighted by Gasteiger charge is -2.27. The van der Waals surface area contributed by atoms with Gasteiger partial charge >= 0.3 is 6.18 Å². The second kappa shape index (κ2) is 5.28. The molecule has 0 unspecified atom stereocenters. The molecule has 102 valence electrons. The van der Waals surface area contributed by atoms with Gasteiger partial charge in [0.15, 0.2) is 0 Å². The Bertz CT molecular complexity index is 525. The molecular formula is C13H12F3NOS. The minimum Gasteiger partial charge on any atom is -0.335 e. The molecule has 0 radical (unpaired) electrons. The maximum Gasteiger partial charge on any atom is 0.412 e. The molecule has 0 spiro atoms. The van der Waals surface area contributed by atoms with Crippen LogP contribution in [0.3, 0.4) is 0 Å². The second-order valence-electron chi connectivity index (χ2n) is 4.25. The minimum atomic E-state index is -4.30. The van der Waals surface area contributed by atoms with Gasteiger partial charge in [0.05, 0.1) is 5.56 Å². The summed E-state index contributed by atoms with van der Waals surface area (Å²) in [5.41, 5.74) is -0.148. The predicted octanol–water partition coefficient (Wildman–Crippen LogP) is 3.31. The molecule has 0 saturated heterocycles. The van der Waals surface area contributed by atoms with Gasteiger partial charge < -0.3 is 4.90 Å². The molecule has 1 aliphatic rings. The summed E-state index contributed by atoms with van der Waals surface area (Å²) in [6, 6.07) is 6.75. The maximum atomic E-state index is 12.5. The summed E-state index contributed by atoms with van der Waals surface area (Å²) in [7, 11) is 0. The molecule has 0 saturated carbocycles. The van der Waals surface area contributed by atoms with Crippen LogP contribution in [0.15, 0.2) is 40.8 Å². The molecule has 1 aliphatic heterocycles. The van der Waals surface area contributed by atoms with E-state index in [1.165, 1.54) is 4.90 Å². The molecule has 1 amide bonds. The molecule has 1 aromatic rings. The molecule has 6 heteroatoms. The van der Waals surface area contributed by atoms with Crippen molar-refractivity contribution >= 4 is 18.5 Å². The monoisotopic (exact) mass is 287 g/mol. The summed E-state index contributed by atoms with van der Waals surface area (Å²) in [5.74, 6) is -0.289. The van der Waals surface area contributed by atoms with Crippen LogP contribution >= 0.6 is 12.6 Å². The van der Waals surface area contributed by atoms with E-state index in [-0.39, 0.29) is 25.4 Å². The van der Waals surface area contributed by atoms with E-state index in [1.54, 1.807) is 24.3 Å². The Morgan fingerprint density at radius 3 is 2.47 bits per heavy atom. The molecule has 1 heterocycles. The van der Waals surface area contributed by atoms with Crippen molar-refractivity contribution in [3.8, 4) is 0 Å². The number of rotatable bonds is 1. The summed E-state index contributed by atoms with van der Waals surface area (Å²) in [5, 5.41) is 0. The molecule has 1 aromatic carbocycles. The van der Waals surface area contributed by atoms with Crippen LogP contribution < -0.4 is 0 Å². The maximum absolute atomic E-state index is 12.5. The average Bonchev–Trinajstić information content (AvgIpc) is 2.38. The Labute approximate surface area is 114 Å². The summed E-state index contributed by atoms with van der Waals surface area (Å²) in [4.78, 5) is 14.1. The first-order valence-corrected chi connectivity index (χ1v) is 6.18. The van der Waals surface area contributed by atoms with Crippen LogP contribution in [-0.4, -0.2) is 30.1 Å². The fourth-order valence-corrected chi connectivity index (χ4v) is 2.19. The van der Waals surface area contributed by atoms with E-state index in [1.807, 2.05) is 0 Å².